The molecule has 0 aliphatic rings. The molecular weight excluding hydrogens is 358 g/mol. The van der Waals surface area contributed by atoms with Crippen LogP contribution in [0.2, 0.25) is 5.02 Å². The summed E-state index contributed by atoms with van der Waals surface area (Å²) in [4.78, 5) is 35.1. The van der Waals surface area contributed by atoms with Crippen molar-refractivity contribution in [3.05, 3.63) is 52.5 Å². The molecule has 2 aromatic carbocycles. The first-order chi connectivity index (χ1) is 12.3. The molecule has 2 rings (SSSR count). The number of carbonyl (C=O) groups is 3. The van der Waals surface area contributed by atoms with Gasteiger partial charge in [0, 0.05) is 18.3 Å². The van der Waals surface area contributed by atoms with E-state index in [1.54, 1.807) is 25.2 Å². The average Bonchev–Trinajstić information content (AvgIpc) is 2.60. The maximum atomic E-state index is 12.2. The second kappa shape index (κ2) is 8.35. The second-order valence-corrected chi connectivity index (χ2v) is 5.84. The van der Waals surface area contributed by atoms with Crippen LogP contribution in [-0.4, -0.2) is 36.4 Å². The van der Waals surface area contributed by atoms with Gasteiger partial charge in [-0.2, -0.15) is 0 Å². The fraction of sp³-hybridized carbons (Fsp3) is 0.167. The van der Waals surface area contributed by atoms with Crippen LogP contribution in [0.3, 0.4) is 0 Å². The zero-order chi connectivity index (χ0) is 19.3. The summed E-state index contributed by atoms with van der Waals surface area (Å²) in [5, 5.41) is 17.9. The molecule has 0 bridgehead atoms. The van der Waals surface area contributed by atoms with Crippen molar-refractivity contribution in [2.45, 2.75) is 6.92 Å². The van der Waals surface area contributed by atoms with Crippen molar-refractivity contribution >= 4 is 46.3 Å². The molecule has 0 spiro atoms. The highest BCUT2D eigenvalue weighted by molar-refractivity contribution is 6.34. The van der Waals surface area contributed by atoms with E-state index in [4.69, 9.17) is 16.7 Å². The number of para-hydroxylation sites is 1. The van der Waals surface area contributed by atoms with Crippen LogP contribution >= 0.6 is 11.6 Å². The van der Waals surface area contributed by atoms with Gasteiger partial charge in [-0.15, -0.1) is 0 Å². The zero-order valence-electron chi connectivity index (χ0n) is 14.2. The number of aromatic carboxylic acids is 1. The summed E-state index contributed by atoms with van der Waals surface area (Å²) >= 11 is 6.09. The number of hydrogen-bond acceptors (Lipinski definition) is 5. The van der Waals surface area contributed by atoms with Gasteiger partial charge >= 0.3 is 5.97 Å². The summed E-state index contributed by atoms with van der Waals surface area (Å²) in [6, 6.07) is 9.26. The van der Waals surface area contributed by atoms with Gasteiger partial charge in [-0.05, 0) is 31.2 Å². The van der Waals surface area contributed by atoms with Crippen molar-refractivity contribution in [2.24, 2.45) is 0 Å². The Morgan fingerprint density at radius 3 is 2.35 bits per heavy atom. The highest BCUT2D eigenvalue weighted by Gasteiger charge is 2.14. The van der Waals surface area contributed by atoms with Crippen LogP contribution in [-0.2, 0) is 4.79 Å². The number of amides is 1. The fourth-order valence-electron chi connectivity index (χ4n) is 2.35. The molecule has 0 unspecified atom stereocenters. The van der Waals surface area contributed by atoms with E-state index >= 15 is 0 Å². The molecule has 0 fully saturated rings. The Hall–Kier alpha value is -3.06. The standard InChI is InChI=1S/C18H18ClN3O4/c1-10(23)12-7-13(19)16(20-2)8-15(12)21-9-17(24)22-14-6-4-3-5-11(14)18(25)26/h3-8,20-21H,9H2,1-2H3,(H,22,24)(H,25,26). The number of carboxylic acids is 1. The van der Waals surface area contributed by atoms with E-state index < -0.39 is 11.9 Å². The lowest BCUT2D eigenvalue weighted by Gasteiger charge is -2.14. The molecule has 26 heavy (non-hydrogen) atoms. The largest absolute Gasteiger partial charge is 0.478 e. The van der Waals surface area contributed by atoms with Crippen molar-refractivity contribution in [1.29, 1.82) is 0 Å². The Bertz CT molecular complexity index is 868. The van der Waals surface area contributed by atoms with Gasteiger partial charge in [-0.1, -0.05) is 23.7 Å². The molecule has 136 valence electrons. The molecule has 0 heterocycles. The number of halogens is 1. The lowest BCUT2D eigenvalue weighted by molar-refractivity contribution is -0.114. The van der Waals surface area contributed by atoms with Crippen LogP contribution in [0.15, 0.2) is 36.4 Å². The van der Waals surface area contributed by atoms with E-state index in [0.717, 1.165) is 0 Å². The van der Waals surface area contributed by atoms with E-state index in [1.165, 1.54) is 25.1 Å². The van der Waals surface area contributed by atoms with Gasteiger partial charge in [-0.3, -0.25) is 9.59 Å². The monoisotopic (exact) mass is 375 g/mol. The van der Waals surface area contributed by atoms with Crippen molar-refractivity contribution in [1.82, 2.24) is 0 Å². The molecule has 2 aromatic rings. The maximum Gasteiger partial charge on any atom is 0.337 e. The van der Waals surface area contributed by atoms with Crippen molar-refractivity contribution in [3.8, 4) is 0 Å². The van der Waals surface area contributed by atoms with Crippen LogP contribution in [0.5, 0.6) is 0 Å². The smallest absolute Gasteiger partial charge is 0.337 e. The van der Waals surface area contributed by atoms with E-state index in [9.17, 15) is 14.4 Å². The Morgan fingerprint density at radius 2 is 1.73 bits per heavy atom. The topological polar surface area (TPSA) is 108 Å². The molecule has 0 aliphatic carbocycles. The van der Waals surface area contributed by atoms with Crippen LogP contribution in [0.1, 0.15) is 27.6 Å². The first-order valence-corrected chi connectivity index (χ1v) is 8.09. The van der Waals surface area contributed by atoms with E-state index in [2.05, 4.69) is 16.0 Å². The third kappa shape index (κ3) is 4.52. The minimum Gasteiger partial charge on any atom is -0.478 e. The Kier molecular flexibility index (Phi) is 6.19. The Balaban J connectivity index is 2.15. The molecule has 0 aliphatic heterocycles. The summed E-state index contributed by atoms with van der Waals surface area (Å²) in [5.74, 6) is -1.79. The van der Waals surface area contributed by atoms with Crippen LogP contribution in [0.4, 0.5) is 17.1 Å². The van der Waals surface area contributed by atoms with Gasteiger partial charge in [-0.25, -0.2) is 4.79 Å². The number of hydrogen-bond donors (Lipinski definition) is 4. The summed E-state index contributed by atoms with van der Waals surface area (Å²) < 4.78 is 0. The number of carboxylic acid groups (broad SMARTS) is 1. The normalized spacial score (nSPS) is 10.1. The predicted molar refractivity (Wildman–Crippen MR) is 102 cm³/mol. The third-order valence-corrected chi connectivity index (χ3v) is 3.94. The minimum absolute atomic E-state index is 0.00534. The molecule has 1 amide bonds. The number of anilines is 3. The summed E-state index contributed by atoms with van der Waals surface area (Å²) in [7, 11) is 1.69. The summed E-state index contributed by atoms with van der Waals surface area (Å²) in [5.41, 5.74) is 1.61. The summed E-state index contributed by atoms with van der Waals surface area (Å²) in [6.45, 7) is 1.25. The van der Waals surface area contributed by atoms with E-state index in [1.807, 2.05) is 0 Å². The number of ketones is 1. The Labute approximate surface area is 155 Å². The van der Waals surface area contributed by atoms with Crippen molar-refractivity contribution in [2.75, 3.05) is 29.5 Å². The molecule has 4 N–H and O–H groups in total. The molecular formula is C18H18ClN3O4. The molecule has 0 saturated heterocycles. The second-order valence-electron chi connectivity index (χ2n) is 5.44. The van der Waals surface area contributed by atoms with Gasteiger partial charge in [0.25, 0.3) is 0 Å². The van der Waals surface area contributed by atoms with Crippen LogP contribution in [0, 0.1) is 0 Å². The summed E-state index contributed by atoms with van der Waals surface area (Å²) in [6.07, 6.45) is 0. The van der Waals surface area contributed by atoms with Gasteiger partial charge in [0.1, 0.15) is 0 Å². The zero-order valence-corrected chi connectivity index (χ0v) is 15.0. The SMILES string of the molecule is CNc1cc(NCC(=O)Nc2ccccc2C(=O)O)c(C(C)=O)cc1Cl. The molecule has 0 radical (unpaired) electrons. The predicted octanol–water partition coefficient (Wildman–Crippen LogP) is 3.33. The number of nitrogens with one attached hydrogen (secondary N) is 3. The quantitative estimate of drug-likeness (QED) is 0.553. The number of rotatable bonds is 7. The third-order valence-electron chi connectivity index (χ3n) is 3.63. The highest BCUT2D eigenvalue weighted by Crippen LogP contribution is 2.29. The lowest BCUT2D eigenvalue weighted by atomic mass is 10.1. The highest BCUT2D eigenvalue weighted by atomic mass is 35.5. The van der Waals surface area contributed by atoms with Crippen molar-refractivity contribution < 1.29 is 19.5 Å². The van der Waals surface area contributed by atoms with Gasteiger partial charge in [0.15, 0.2) is 5.78 Å². The van der Waals surface area contributed by atoms with E-state index in [0.29, 0.717) is 22.0 Å². The first kappa shape index (κ1) is 19.3. The molecule has 0 aromatic heterocycles. The van der Waals surface area contributed by atoms with E-state index in [-0.39, 0.29) is 23.6 Å². The van der Waals surface area contributed by atoms with Crippen LogP contribution < -0.4 is 16.0 Å². The number of benzene rings is 2. The maximum absolute atomic E-state index is 12.2. The average molecular weight is 376 g/mol. The van der Waals surface area contributed by atoms with Crippen LogP contribution in [0.25, 0.3) is 0 Å². The number of carbonyl (C=O) groups excluding carboxylic acids is 2. The molecule has 8 heteroatoms. The minimum atomic E-state index is -1.14. The molecule has 7 nitrogen and oxygen atoms in total. The van der Waals surface area contributed by atoms with Gasteiger partial charge in [0.05, 0.1) is 28.5 Å². The molecule has 0 saturated carbocycles. The van der Waals surface area contributed by atoms with Gasteiger partial charge < -0.3 is 21.1 Å². The Morgan fingerprint density at radius 1 is 1.04 bits per heavy atom. The lowest BCUT2D eigenvalue weighted by Crippen LogP contribution is -2.23. The first-order valence-electron chi connectivity index (χ1n) is 7.71. The number of Topliss-reactive ketones (excluding diaryl/α,β-unsaturated/α-hetero) is 1. The van der Waals surface area contributed by atoms with Crippen molar-refractivity contribution in [3.63, 3.8) is 0 Å². The molecule has 0 atom stereocenters. The fourth-order valence-corrected chi connectivity index (χ4v) is 2.61. The van der Waals surface area contributed by atoms with Gasteiger partial charge in [0.2, 0.25) is 5.91 Å².